The molecule has 2 aliphatic rings. The van der Waals surface area contributed by atoms with Crippen molar-refractivity contribution < 1.29 is 4.79 Å². The molecule has 3 aromatic heterocycles. The smallest absolute Gasteiger partial charge is 0.258 e. The first-order valence-corrected chi connectivity index (χ1v) is 14.7. The molecule has 2 fully saturated rings. The standard InChI is InChI=1S/C28H33ClN6O2S/c1-33-13-4-5-19(33)10-11-31-27(37)24-25(36)20-7-9-23(30-12-16-34-14-2-3-15-34)32-26(20)35-21-17-18(29)6-8-22(21)38-28(24)35/h6-9,17,19H,2-5,10-16H2,1H3,(H,30,32)(H,31,37). The number of likely N-dealkylation sites (tertiary alicyclic amines) is 2. The fourth-order valence-corrected chi connectivity index (χ4v) is 7.17. The van der Waals surface area contributed by atoms with Gasteiger partial charge in [0, 0.05) is 30.7 Å². The van der Waals surface area contributed by atoms with E-state index in [0.717, 1.165) is 55.8 Å². The zero-order valence-corrected chi connectivity index (χ0v) is 23.2. The van der Waals surface area contributed by atoms with Crippen LogP contribution in [0.1, 0.15) is 42.5 Å². The van der Waals surface area contributed by atoms with Crippen LogP contribution in [0.25, 0.3) is 26.1 Å². The zero-order valence-electron chi connectivity index (χ0n) is 21.6. The van der Waals surface area contributed by atoms with E-state index in [2.05, 4.69) is 27.5 Å². The fraction of sp³-hybridized carbons (Fsp3) is 0.464. The van der Waals surface area contributed by atoms with E-state index in [1.165, 1.54) is 30.6 Å². The zero-order chi connectivity index (χ0) is 26.2. The van der Waals surface area contributed by atoms with Crippen LogP contribution in [0.2, 0.25) is 5.02 Å². The molecule has 5 heterocycles. The molecule has 0 bridgehead atoms. The first-order chi connectivity index (χ1) is 18.5. The molecule has 0 radical (unpaired) electrons. The van der Waals surface area contributed by atoms with Crippen molar-refractivity contribution in [2.75, 3.05) is 51.6 Å². The molecule has 10 heteroatoms. The Bertz CT molecular complexity index is 1560. The Balaban J connectivity index is 1.37. The third-order valence-corrected chi connectivity index (χ3v) is 9.32. The summed E-state index contributed by atoms with van der Waals surface area (Å²) < 4.78 is 2.87. The van der Waals surface area contributed by atoms with Crippen molar-refractivity contribution in [3.05, 3.63) is 51.1 Å². The van der Waals surface area contributed by atoms with E-state index < -0.39 is 0 Å². The van der Waals surface area contributed by atoms with E-state index in [9.17, 15) is 9.59 Å². The van der Waals surface area contributed by atoms with Gasteiger partial charge in [-0.15, -0.1) is 11.3 Å². The van der Waals surface area contributed by atoms with Crippen molar-refractivity contribution in [2.45, 2.75) is 38.1 Å². The number of benzene rings is 1. The van der Waals surface area contributed by atoms with Crippen LogP contribution in [0.3, 0.4) is 0 Å². The number of thiazole rings is 1. The third-order valence-electron chi connectivity index (χ3n) is 7.94. The predicted molar refractivity (Wildman–Crippen MR) is 156 cm³/mol. The number of hydrogen-bond acceptors (Lipinski definition) is 7. The second-order valence-electron chi connectivity index (χ2n) is 10.4. The molecule has 1 aromatic carbocycles. The van der Waals surface area contributed by atoms with Gasteiger partial charge >= 0.3 is 0 Å². The maximum absolute atomic E-state index is 13.7. The van der Waals surface area contributed by atoms with Gasteiger partial charge in [0.05, 0.1) is 15.6 Å². The van der Waals surface area contributed by atoms with Crippen LogP contribution < -0.4 is 16.1 Å². The van der Waals surface area contributed by atoms with E-state index in [4.69, 9.17) is 16.6 Å². The van der Waals surface area contributed by atoms with Crippen molar-refractivity contribution in [1.82, 2.24) is 24.5 Å². The van der Waals surface area contributed by atoms with E-state index in [0.29, 0.717) is 39.3 Å². The third kappa shape index (κ3) is 4.88. The summed E-state index contributed by atoms with van der Waals surface area (Å²) in [5, 5.41) is 7.47. The number of anilines is 1. The summed E-state index contributed by atoms with van der Waals surface area (Å²) in [7, 11) is 2.13. The van der Waals surface area contributed by atoms with Gasteiger partial charge in [0.25, 0.3) is 5.91 Å². The van der Waals surface area contributed by atoms with Crippen LogP contribution >= 0.6 is 22.9 Å². The molecule has 6 rings (SSSR count). The van der Waals surface area contributed by atoms with E-state index in [1.54, 1.807) is 6.07 Å². The Morgan fingerprint density at radius 1 is 1.13 bits per heavy atom. The highest BCUT2D eigenvalue weighted by molar-refractivity contribution is 7.24. The summed E-state index contributed by atoms with van der Waals surface area (Å²) in [6, 6.07) is 9.72. The minimum absolute atomic E-state index is 0.172. The van der Waals surface area contributed by atoms with E-state index in [1.807, 2.05) is 28.7 Å². The molecule has 38 heavy (non-hydrogen) atoms. The van der Waals surface area contributed by atoms with Crippen LogP contribution in [0.5, 0.6) is 0 Å². The topological polar surface area (TPSA) is 82.0 Å². The summed E-state index contributed by atoms with van der Waals surface area (Å²) in [6.45, 7) is 5.66. The lowest BCUT2D eigenvalue weighted by Crippen LogP contribution is -2.34. The highest BCUT2D eigenvalue weighted by Crippen LogP contribution is 2.32. The van der Waals surface area contributed by atoms with Gasteiger partial charge in [-0.05, 0) is 89.1 Å². The Hall–Kier alpha value is -2.72. The lowest BCUT2D eigenvalue weighted by molar-refractivity contribution is 0.0951. The molecular weight excluding hydrogens is 520 g/mol. The number of aromatic nitrogens is 2. The van der Waals surface area contributed by atoms with Gasteiger partial charge in [-0.1, -0.05) is 11.6 Å². The second-order valence-corrected chi connectivity index (χ2v) is 11.9. The minimum atomic E-state index is -0.333. The molecule has 1 atom stereocenters. The number of pyridine rings is 2. The van der Waals surface area contributed by atoms with Gasteiger partial charge in [-0.2, -0.15) is 0 Å². The monoisotopic (exact) mass is 552 g/mol. The molecule has 200 valence electrons. The first kappa shape index (κ1) is 25.6. The number of amides is 1. The van der Waals surface area contributed by atoms with Crippen molar-refractivity contribution in [2.24, 2.45) is 0 Å². The number of nitrogens with zero attached hydrogens (tertiary/aromatic N) is 4. The number of nitrogens with one attached hydrogen (secondary N) is 2. The average Bonchev–Trinajstić information content (AvgIpc) is 3.65. The Kier molecular flexibility index (Phi) is 7.27. The number of halogens is 1. The van der Waals surface area contributed by atoms with Crippen LogP contribution in [0.15, 0.2) is 35.1 Å². The molecular formula is C28H33ClN6O2S. The largest absolute Gasteiger partial charge is 0.369 e. The van der Waals surface area contributed by atoms with Crippen molar-refractivity contribution in [1.29, 1.82) is 0 Å². The minimum Gasteiger partial charge on any atom is -0.369 e. The molecule has 4 aromatic rings. The highest BCUT2D eigenvalue weighted by atomic mass is 35.5. The van der Waals surface area contributed by atoms with Crippen LogP contribution in [0, 0.1) is 0 Å². The Morgan fingerprint density at radius 3 is 2.76 bits per heavy atom. The maximum Gasteiger partial charge on any atom is 0.258 e. The number of carbonyl (C=O) groups excluding carboxylic acids is 1. The summed E-state index contributed by atoms with van der Waals surface area (Å²) in [5.74, 6) is 0.379. The number of hydrogen-bond donors (Lipinski definition) is 2. The number of rotatable bonds is 8. The van der Waals surface area contributed by atoms with Crippen LogP contribution in [-0.4, -0.2) is 77.4 Å². The quantitative estimate of drug-likeness (QED) is 0.336. The van der Waals surface area contributed by atoms with E-state index in [-0.39, 0.29) is 16.9 Å². The molecule has 8 nitrogen and oxygen atoms in total. The highest BCUT2D eigenvalue weighted by Gasteiger charge is 2.24. The summed E-state index contributed by atoms with van der Waals surface area (Å²) in [4.78, 5) is 37.4. The second kappa shape index (κ2) is 10.8. The lowest BCUT2D eigenvalue weighted by atomic mass is 10.1. The maximum atomic E-state index is 13.7. The van der Waals surface area contributed by atoms with Gasteiger partial charge in [-0.3, -0.25) is 14.0 Å². The number of fused-ring (bicyclic) bond motifs is 5. The Morgan fingerprint density at radius 2 is 1.97 bits per heavy atom. The summed E-state index contributed by atoms with van der Waals surface area (Å²) in [5.41, 5.74) is 1.26. The molecule has 0 saturated carbocycles. The average molecular weight is 553 g/mol. The molecule has 2 N–H and O–H groups in total. The van der Waals surface area contributed by atoms with Crippen molar-refractivity contribution in [3.63, 3.8) is 0 Å². The van der Waals surface area contributed by atoms with Crippen molar-refractivity contribution in [3.8, 4) is 0 Å². The summed E-state index contributed by atoms with van der Waals surface area (Å²) in [6.07, 6.45) is 5.73. The molecule has 2 saturated heterocycles. The van der Waals surface area contributed by atoms with Crippen molar-refractivity contribution >= 4 is 60.7 Å². The fourth-order valence-electron chi connectivity index (χ4n) is 5.84. The first-order valence-electron chi connectivity index (χ1n) is 13.5. The Labute approximate surface area is 230 Å². The molecule has 0 spiro atoms. The molecule has 0 aliphatic carbocycles. The van der Waals surface area contributed by atoms with Gasteiger partial charge in [0.1, 0.15) is 16.2 Å². The predicted octanol–water partition coefficient (Wildman–Crippen LogP) is 4.44. The summed E-state index contributed by atoms with van der Waals surface area (Å²) >= 11 is 7.80. The van der Waals surface area contributed by atoms with Gasteiger partial charge < -0.3 is 20.4 Å². The lowest BCUT2D eigenvalue weighted by Gasteiger charge is -2.19. The van der Waals surface area contributed by atoms with Gasteiger partial charge in [0.15, 0.2) is 5.65 Å². The molecule has 2 aliphatic heterocycles. The van der Waals surface area contributed by atoms with Crippen LogP contribution in [0.4, 0.5) is 5.82 Å². The van der Waals surface area contributed by atoms with Gasteiger partial charge in [-0.25, -0.2) is 4.98 Å². The molecule has 1 amide bonds. The molecule has 1 unspecified atom stereocenters. The number of carbonyl (C=O) groups is 1. The SMILES string of the molecule is CN1CCCC1CCNC(=O)c1c(=O)c2ccc(NCCN3CCCC3)nc2n2c1sc1ccc(Cl)cc12. The van der Waals surface area contributed by atoms with Gasteiger partial charge in [0.2, 0.25) is 5.43 Å². The van der Waals surface area contributed by atoms with E-state index >= 15 is 0 Å². The van der Waals surface area contributed by atoms with Crippen LogP contribution in [-0.2, 0) is 0 Å². The normalized spacial score (nSPS) is 18.7.